The molecule has 1 saturated heterocycles. The molecule has 0 aromatic heterocycles. The van der Waals surface area contributed by atoms with E-state index in [-0.39, 0.29) is 0 Å². The molecule has 0 spiro atoms. The fraction of sp³-hybridized carbons (Fsp3) is 0.611. The van der Waals surface area contributed by atoms with Gasteiger partial charge in [-0.05, 0) is 43.6 Å². The topological polar surface area (TPSA) is 74.9 Å². The average molecular weight is 333 g/mol. The number of ether oxygens (including phenoxy) is 1. The molecule has 0 aliphatic carbocycles. The van der Waals surface area contributed by atoms with Crippen molar-refractivity contribution in [3.8, 4) is 0 Å². The highest BCUT2D eigenvalue weighted by atomic mass is 16.5. The Morgan fingerprint density at radius 2 is 2.17 bits per heavy atom. The molecule has 134 valence electrons. The molecular formula is C18H31N5O. The first-order valence-corrected chi connectivity index (χ1v) is 8.82. The van der Waals surface area contributed by atoms with Crippen molar-refractivity contribution >= 4 is 11.6 Å². The minimum absolute atomic E-state index is 0.528. The molecule has 1 aliphatic heterocycles. The van der Waals surface area contributed by atoms with Crippen LogP contribution < -0.4 is 16.4 Å². The Labute approximate surface area is 145 Å². The third-order valence-corrected chi connectivity index (χ3v) is 4.45. The zero-order valence-electron chi connectivity index (χ0n) is 14.9. The highest BCUT2D eigenvalue weighted by Gasteiger charge is 2.22. The number of likely N-dealkylation sites (N-methyl/N-ethyl adjacent to an activating group) is 1. The lowest BCUT2D eigenvalue weighted by Gasteiger charge is -2.23. The predicted molar refractivity (Wildman–Crippen MR) is 100 cm³/mol. The van der Waals surface area contributed by atoms with E-state index in [9.17, 15) is 0 Å². The lowest BCUT2D eigenvalue weighted by molar-refractivity contribution is 0.211. The number of methoxy groups -OCH3 is 1. The molecular weight excluding hydrogens is 302 g/mol. The Hall–Kier alpha value is -1.79. The van der Waals surface area contributed by atoms with Gasteiger partial charge in [0.25, 0.3) is 0 Å². The van der Waals surface area contributed by atoms with Crippen molar-refractivity contribution < 1.29 is 4.74 Å². The van der Waals surface area contributed by atoms with Gasteiger partial charge in [-0.1, -0.05) is 19.1 Å². The minimum Gasteiger partial charge on any atom is -0.383 e. The van der Waals surface area contributed by atoms with E-state index in [4.69, 9.17) is 10.5 Å². The number of nitrogens with two attached hydrogens (primary N) is 1. The van der Waals surface area contributed by atoms with Crippen molar-refractivity contribution in [3.63, 3.8) is 0 Å². The van der Waals surface area contributed by atoms with Crippen LogP contribution in [0.25, 0.3) is 0 Å². The predicted octanol–water partition coefficient (Wildman–Crippen LogP) is 1.63. The standard InChI is InChI=1S/C18H31N5O/c1-3-23-11-4-5-17(23)14-22-18(19)21-13-15-6-8-16(9-7-15)20-10-12-24-2/h6-9,17,20H,3-5,10-14H2,1-2H3,(H3,19,21,22). The van der Waals surface area contributed by atoms with Crippen LogP contribution in [-0.2, 0) is 11.3 Å². The summed E-state index contributed by atoms with van der Waals surface area (Å²) in [4.78, 5) is 6.93. The monoisotopic (exact) mass is 333 g/mol. The molecule has 4 N–H and O–H groups in total. The van der Waals surface area contributed by atoms with Gasteiger partial charge in [-0.3, -0.25) is 4.90 Å². The van der Waals surface area contributed by atoms with Crippen LogP contribution in [0.15, 0.2) is 29.3 Å². The summed E-state index contributed by atoms with van der Waals surface area (Å²) in [5.41, 5.74) is 8.23. The van der Waals surface area contributed by atoms with Crippen molar-refractivity contribution in [1.82, 2.24) is 10.2 Å². The Kier molecular flexibility index (Phi) is 7.85. The van der Waals surface area contributed by atoms with E-state index in [0.717, 1.165) is 30.9 Å². The second-order valence-electron chi connectivity index (χ2n) is 6.12. The van der Waals surface area contributed by atoms with E-state index in [2.05, 4.69) is 51.7 Å². The summed E-state index contributed by atoms with van der Waals surface area (Å²) in [5.74, 6) is 0.528. The Bertz CT molecular complexity index is 503. The minimum atomic E-state index is 0.528. The number of hydrogen-bond acceptors (Lipinski definition) is 4. The van der Waals surface area contributed by atoms with Crippen LogP contribution in [-0.4, -0.2) is 56.8 Å². The first-order chi connectivity index (χ1) is 11.7. The number of benzene rings is 1. The molecule has 0 amide bonds. The molecule has 1 aliphatic rings. The van der Waals surface area contributed by atoms with Crippen LogP contribution in [0.3, 0.4) is 0 Å². The quantitative estimate of drug-likeness (QED) is 0.364. The smallest absolute Gasteiger partial charge is 0.188 e. The fourth-order valence-corrected chi connectivity index (χ4v) is 3.02. The van der Waals surface area contributed by atoms with Gasteiger partial charge in [-0.25, -0.2) is 4.99 Å². The van der Waals surface area contributed by atoms with E-state index >= 15 is 0 Å². The second-order valence-corrected chi connectivity index (χ2v) is 6.12. The zero-order chi connectivity index (χ0) is 17.2. The molecule has 1 aromatic rings. The van der Waals surface area contributed by atoms with E-state index in [1.807, 2.05) is 0 Å². The summed E-state index contributed by atoms with van der Waals surface area (Å²) in [6.45, 7) is 7.50. The van der Waals surface area contributed by atoms with Gasteiger partial charge in [0, 0.05) is 31.9 Å². The maximum Gasteiger partial charge on any atom is 0.188 e. The molecule has 0 saturated carbocycles. The van der Waals surface area contributed by atoms with Gasteiger partial charge in [-0.15, -0.1) is 0 Å². The van der Waals surface area contributed by atoms with Crippen LogP contribution in [0.5, 0.6) is 0 Å². The SMILES string of the molecule is CCN1CCCC1CNC(N)=NCc1ccc(NCCOC)cc1. The highest BCUT2D eigenvalue weighted by molar-refractivity contribution is 5.77. The van der Waals surface area contributed by atoms with Crippen molar-refractivity contribution in [2.75, 3.05) is 45.2 Å². The molecule has 1 unspecified atom stereocenters. The van der Waals surface area contributed by atoms with Gasteiger partial charge in [-0.2, -0.15) is 0 Å². The number of aliphatic imine (C=N–C) groups is 1. The van der Waals surface area contributed by atoms with Crippen molar-refractivity contribution in [3.05, 3.63) is 29.8 Å². The van der Waals surface area contributed by atoms with Crippen molar-refractivity contribution in [2.45, 2.75) is 32.4 Å². The number of nitrogens with one attached hydrogen (secondary N) is 2. The Balaban J connectivity index is 1.73. The lowest BCUT2D eigenvalue weighted by Crippen LogP contribution is -2.42. The van der Waals surface area contributed by atoms with Gasteiger partial charge in [0.2, 0.25) is 0 Å². The molecule has 24 heavy (non-hydrogen) atoms. The van der Waals surface area contributed by atoms with Gasteiger partial charge in [0.15, 0.2) is 5.96 Å². The second kappa shape index (κ2) is 10.2. The Morgan fingerprint density at radius 1 is 1.38 bits per heavy atom. The summed E-state index contributed by atoms with van der Waals surface area (Å²) in [7, 11) is 1.70. The highest BCUT2D eigenvalue weighted by Crippen LogP contribution is 2.15. The van der Waals surface area contributed by atoms with Gasteiger partial charge >= 0.3 is 0 Å². The van der Waals surface area contributed by atoms with Crippen molar-refractivity contribution in [1.29, 1.82) is 0 Å². The molecule has 1 atom stereocenters. The first kappa shape index (κ1) is 18.5. The van der Waals surface area contributed by atoms with Gasteiger partial charge in [0.1, 0.15) is 0 Å². The van der Waals surface area contributed by atoms with Crippen LogP contribution in [0.1, 0.15) is 25.3 Å². The van der Waals surface area contributed by atoms with Crippen LogP contribution in [0, 0.1) is 0 Å². The largest absolute Gasteiger partial charge is 0.383 e. The summed E-state index contributed by atoms with van der Waals surface area (Å²) in [5, 5.41) is 6.56. The fourth-order valence-electron chi connectivity index (χ4n) is 3.02. The van der Waals surface area contributed by atoms with Gasteiger partial charge < -0.3 is 21.1 Å². The number of hydrogen-bond donors (Lipinski definition) is 3. The molecule has 6 heteroatoms. The molecule has 0 radical (unpaired) electrons. The average Bonchev–Trinajstić information content (AvgIpc) is 3.07. The molecule has 2 rings (SSSR count). The van der Waals surface area contributed by atoms with Crippen LogP contribution >= 0.6 is 0 Å². The summed E-state index contributed by atoms with van der Waals surface area (Å²) in [6, 6.07) is 8.84. The Morgan fingerprint density at radius 3 is 2.88 bits per heavy atom. The molecule has 1 aromatic carbocycles. The number of rotatable bonds is 9. The number of likely N-dealkylation sites (tertiary alicyclic amines) is 1. The van der Waals surface area contributed by atoms with E-state index in [1.165, 1.54) is 19.4 Å². The summed E-state index contributed by atoms with van der Waals surface area (Å²) in [6.07, 6.45) is 2.52. The summed E-state index contributed by atoms with van der Waals surface area (Å²) >= 11 is 0. The third-order valence-electron chi connectivity index (χ3n) is 4.45. The lowest BCUT2D eigenvalue weighted by atomic mass is 10.2. The number of anilines is 1. The zero-order valence-corrected chi connectivity index (χ0v) is 14.9. The van der Waals surface area contributed by atoms with Crippen LogP contribution in [0.2, 0.25) is 0 Å². The number of nitrogens with zero attached hydrogens (tertiary/aromatic N) is 2. The maximum absolute atomic E-state index is 5.99. The van der Waals surface area contributed by atoms with E-state index in [1.54, 1.807) is 7.11 Å². The third kappa shape index (κ3) is 6.02. The van der Waals surface area contributed by atoms with E-state index < -0.39 is 0 Å². The van der Waals surface area contributed by atoms with Crippen LogP contribution in [0.4, 0.5) is 5.69 Å². The molecule has 1 fully saturated rings. The first-order valence-electron chi connectivity index (χ1n) is 8.82. The normalized spacial score (nSPS) is 18.8. The van der Waals surface area contributed by atoms with E-state index in [0.29, 0.717) is 25.2 Å². The summed E-state index contributed by atoms with van der Waals surface area (Å²) < 4.78 is 5.02. The molecule has 6 nitrogen and oxygen atoms in total. The number of guanidine groups is 1. The molecule has 1 heterocycles. The molecule has 0 bridgehead atoms. The maximum atomic E-state index is 5.99. The van der Waals surface area contributed by atoms with Gasteiger partial charge in [0.05, 0.1) is 13.2 Å². The van der Waals surface area contributed by atoms with Crippen molar-refractivity contribution in [2.24, 2.45) is 10.7 Å².